The van der Waals surface area contributed by atoms with Crippen molar-refractivity contribution in [2.24, 2.45) is 0 Å². The number of fused-ring (bicyclic) bond motifs is 9. The SMILES string of the molecule is CC(C)(C)c1cc2c3c(c1)N(c1ccccc1)c1ccccc1B3n1c3sc4ccccc4c3c3cccc-2c31. The number of hydrogen-bond acceptors (Lipinski definition) is 2. The number of para-hydroxylation sites is 3. The Morgan fingerprint density at radius 3 is 2.27 bits per heavy atom. The van der Waals surface area contributed by atoms with Crippen LogP contribution in [0.5, 0.6) is 0 Å². The predicted molar refractivity (Wildman–Crippen MR) is 174 cm³/mol. The first-order valence-corrected chi connectivity index (χ1v) is 14.9. The summed E-state index contributed by atoms with van der Waals surface area (Å²) in [5, 5.41) is 4.12. The highest BCUT2D eigenvalue weighted by Crippen LogP contribution is 2.49. The van der Waals surface area contributed by atoms with Crippen LogP contribution in [0.4, 0.5) is 17.1 Å². The van der Waals surface area contributed by atoms with Gasteiger partial charge in [-0.25, -0.2) is 0 Å². The molecule has 0 saturated heterocycles. The lowest BCUT2D eigenvalue weighted by molar-refractivity contribution is 0.590. The Morgan fingerprint density at radius 1 is 0.675 bits per heavy atom. The van der Waals surface area contributed by atoms with Crippen molar-refractivity contribution < 1.29 is 0 Å². The van der Waals surface area contributed by atoms with Crippen LogP contribution in [0.15, 0.2) is 109 Å². The molecule has 0 aliphatic carbocycles. The van der Waals surface area contributed by atoms with E-state index in [2.05, 4.69) is 139 Å². The van der Waals surface area contributed by atoms with Crippen molar-refractivity contribution >= 4 is 77.4 Å². The van der Waals surface area contributed by atoms with E-state index in [0.717, 1.165) is 0 Å². The molecule has 190 valence electrons. The van der Waals surface area contributed by atoms with E-state index < -0.39 is 0 Å². The number of anilines is 3. The normalized spacial score (nSPS) is 13.8. The van der Waals surface area contributed by atoms with Crippen LogP contribution < -0.4 is 15.8 Å². The van der Waals surface area contributed by atoms with Gasteiger partial charge in [-0.3, -0.25) is 0 Å². The molecular weight excluding hydrogens is 503 g/mol. The topological polar surface area (TPSA) is 8.17 Å². The van der Waals surface area contributed by atoms with Gasteiger partial charge in [0.15, 0.2) is 0 Å². The van der Waals surface area contributed by atoms with Crippen LogP contribution in [0.2, 0.25) is 0 Å². The third kappa shape index (κ3) is 2.79. The van der Waals surface area contributed by atoms with Gasteiger partial charge in [0, 0.05) is 49.0 Å². The van der Waals surface area contributed by atoms with Crippen LogP contribution in [0.3, 0.4) is 0 Å². The summed E-state index contributed by atoms with van der Waals surface area (Å²) < 4.78 is 4.03. The molecule has 0 saturated carbocycles. The van der Waals surface area contributed by atoms with Crippen LogP contribution in [0.1, 0.15) is 26.3 Å². The average Bonchev–Trinajstić information content (AvgIpc) is 3.50. The maximum absolute atomic E-state index is 2.68. The van der Waals surface area contributed by atoms with Gasteiger partial charge in [0.2, 0.25) is 0 Å². The molecule has 0 unspecified atom stereocenters. The summed E-state index contributed by atoms with van der Waals surface area (Å²) in [7, 11) is 0. The molecule has 0 radical (unpaired) electrons. The summed E-state index contributed by atoms with van der Waals surface area (Å²) in [6, 6.07) is 40.7. The van der Waals surface area contributed by atoms with Crippen LogP contribution in [0, 0.1) is 0 Å². The number of hydrogen-bond donors (Lipinski definition) is 0. The zero-order chi connectivity index (χ0) is 26.7. The van der Waals surface area contributed by atoms with E-state index in [9.17, 15) is 0 Å². The van der Waals surface area contributed by atoms with Gasteiger partial charge in [-0.2, -0.15) is 0 Å². The molecule has 9 rings (SSSR count). The molecule has 0 spiro atoms. The Morgan fingerprint density at radius 2 is 1.43 bits per heavy atom. The van der Waals surface area contributed by atoms with Crippen LogP contribution in [-0.4, -0.2) is 11.3 Å². The van der Waals surface area contributed by atoms with Crippen molar-refractivity contribution in [3.05, 3.63) is 115 Å². The fourth-order valence-electron chi connectivity index (χ4n) is 7.13. The van der Waals surface area contributed by atoms with E-state index in [4.69, 9.17) is 0 Å². The molecule has 4 heterocycles. The summed E-state index contributed by atoms with van der Waals surface area (Å²) in [5.41, 5.74) is 12.0. The van der Waals surface area contributed by atoms with Gasteiger partial charge in [-0.15, -0.1) is 11.3 Å². The fraction of sp³-hybridized carbons (Fsp3) is 0.111. The van der Waals surface area contributed by atoms with Crippen LogP contribution in [-0.2, 0) is 5.41 Å². The first-order valence-electron chi connectivity index (χ1n) is 14.1. The van der Waals surface area contributed by atoms with E-state index >= 15 is 0 Å². The minimum absolute atomic E-state index is 0.0181. The second-order valence-corrected chi connectivity index (χ2v) is 13.2. The van der Waals surface area contributed by atoms with Crippen molar-refractivity contribution in [3.63, 3.8) is 0 Å². The molecule has 5 aromatic carbocycles. The zero-order valence-corrected chi connectivity index (χ0v) is 23.6. The molecule has 0 N–H and O–H groups in total. The first kappa shape index (κ1) is 22.5. The van der Waals surface area contributed by atoms with E-state index in [1.807, 2.05) is 11.3 Å². The summed E-state index contributed by atoms with van der Waals surface area (Å²) in [6.45, 7) is 7.10. The molecule has 0 fully saturated rings. The second-order valence-electron chi connectivity index (χ2n) is 12.2. The lowest BCUT2D eigenvalue weighted by atomic mass is 9.45. The van der Waals surface area contributed by atoms with Crippen molar-refractivity contribution in [1.82, 2.24) is 4.48 Å². The molecular formula is C36H27BN2S. The van der Waals surface area contributed by atoms with Crippen molar-refractivity contribution in [1.29, 1.82) is 0 Å². The number of rotatable bonds is 1. The van der Waals surface area contributed by atoms with Crippen LogP contribution in [0.25, 0.3) is 42.3 Å². The standard InChI is InChI=1S/C36H27BN2S/c1-36(2,3)22-20-27-24-15-11-16-26-32-25-14-7-10-19-31(25)40-35(32)39(34(24)26)37-28-17-8-9-18-29(28)38(30(21-22)33(27)37)23-12-5-4-6-13-23/h4-21H,1-3H3. The number of thiophene rings is 1. The minimum Gasteiger partial charge on any atom is -0.367 e. The van der Waals surface area contributed by atoms with Crippen molar-refractivity contribution in [3.8, 4) is 11.1 Å². The van der Waals surface area contributed by atoms with Gasteiger partial charge in [-0.05, 0) is 57.8 Å². The minimum atomic E-state index is 0.0181. The molecule has 2 aliphatic heterocycles. The molecule has 7 aromatic rings. The van der Waals surface area contributed by atoms with Gasteiger partial charge in [0.05, 0.1) is 4.83 Å². The summed E-state index contributed by atoms with van der Waals surface area (Å²) in [6.07, 6.45) is 0. The predicted octanol–water partition coefficient (Wildman–Crippen LogP) is 8.72. The summed E-state index contributed by atoms with van der Waals surface area (Å²) in [5.74, 6) is 0. The Kier molecular flexibility index (Phi) is 4.32. The molecule has 0 amide bonds. The van der Waals surface area contributed by atoms with Gasteiger partial charge >= 0.3 is 6.85 Å². The third-order valence-corrected chi connectivity index (χ3v) is 10.1. The quantitative estimate of drug-likeness (QED) is 0.193. The van der Waals surface area contributed by atoms with E-state index in [0.29, 0.717) is 0 Å². The van der Waals surface area contributed by atoms with E-state index in [-0.39, 0.29) is 12.3 Å². The number of benzene rings is 5. The zero-order valence-electron chi connectivity index (χ0n) is 22.8. The van der Waals surface area contributed by atoms with Crippen molar-refractivity contribution in [2.45, 2.75) is 26.2 Å². The number of aromatic nitrogens is 1. The molecule has 0 bridgehead atoms. The monoisotopic (exact) mass is 530 g/mol. The fourth-order valence-corrected chi connectivity index (χ4v) is 8.38. The molecule has 2 aromatic heterocycles. The van der Waals surface area contributed by atoms with Crippen LogP contribution >= 0.6 is 11.3 Å². The summed E-state index contributed by atoms with van der Waals surface area (Å²) >= 11 is 1.93. The second kappa shape index (κ2) is 7.68. The maximum atomic E-state index is 2.68. The number of nitrogens with zero attached hydrogens (tertiary/aromatic N) is 2. The summed E-state index contributed by atoms with van der Waals surface area (Å²) in [4.78, 5) is 3.87. The Balaban J connectivity index is 1.50. The Bertz CT molecular complexity index is 2160. The van der Waals surface area contributed by atoms with Gasteiger partial charge in [-0.1, -0.05) is 99.6 Å². The van der Waals surface area contributed by atoms with Gasteiger partial charge < -0.3 is 9.38 Å². The Hall–Kier alpha value is -4.28. The third-order valence-electron chi connectivity index (χ3n) is 8.92. The molecule has 4 heteroatoms. The lowest BCUT2D eigenvalue weighted by Gasteiger charge is -2.41. The first-order chi connectivity index (χ1) is 19.5. The lowest BCUT2D eigenvalue weighted by Crippen LogP contribution is -2.56. The smallest absolute Gasteiger partial charge is 0.333 e. The maximum Gasteiger partial charge on any atom is 0.333 e. The highest BCUT2D eigenvalue weighted by molar-refractivity contribution is 7.26. The van der Waals surface area contributed by atoms with Gasteiger partial charge in [0.25, 0.3) is 0 Å². The average molecular weight is 531 g/mol. The van der Waals surface area contributed by atoms with E-state index in [1.165, 1.54) is 75.9 Å². The van der Waals surface area contributed by atoms with Gasteiger partial charge in [0.1, 0.15) is 0 Å². The largest absolute Gasteiger partial charge is 0.367 e. The molecule has 40 heavy (non-hydrogen) atoms. The molecule has 2 aliphatic rings. The highest BCUT2D eigenvalue weighted by Gasteiger charge is 2.43. The van der Waals surface area contributed by atoms with Crippen molar-refractivity contribution in [2.75, 3.05) is 4.90 Å². The van der Waals surface area contributed by atoms with E-state index in [1.54, 1.807) is 0 Å². The Labute approximate surface area is 238 Å². The molecule has 2 nitrogen and oxygen atoms in total. The highest BCUT2D eigenvalue weighted by atomic mass is 32.1. The molecule has 0 atom stereocenters.